The van der Waals surface area contributed by atoms with Gasteiger partial charge in [0, 0.05) is 32.4 Å². The number of benzene rings is 2. The maximum Gasteiger partial charge on any atom is 0.316 e. The van der Waals surface area contributed by atoms with Crippen molar-refractivity contribution in [3.8, 4) is 0 Å². The number of imidazole rings is 1. The van der Waals surface area contributed by atoms with E-state index in [1.807, 2.05) is 17.6 Å². The first-order valence-electron chi connectivity index (χ1n) is 10.1. The molecule has 0 saturated carbocycles. The highest BCUT2D eigenvalue weighted by atomic mass is 16.5. The summed E-state index contributed by atoms with van der Waals surface area (Å²) < 4.78 is 8.65. The Labute approximate surface area is 177 Å². The first kappa shape index (κ1) is 20.5. The quantitative estimate of drug-likeness (QED) is 0.351. The van der Waals surface area contributed by atoms with Gasteiger partial charge in [-0.05, 0) is 37.6 Å². The molecule has 1 amide bonds. The summed E-state index contributed by atoms with van der Waals surface area (Å²) in [5, 5.41) is 2.88. The first-order valence-corrected chi connectivity index (χ1v) is 10.1. The number of rotatable bonds is 7. The van der Waals surface area contributed by atoms with E-state index in [9.17, 15) is 14.4 Å². The molecule has 0 fully saturated rings. The van der Waals surface area contributed by atoms with Crippen LogP contribution < -0.4 is 16.4 Å². The van der Waals surface area contributed by atoms with Crippen LogP contribution in [0.3, 0.4) is 0 Å². The first-order chi connectivity index (χ1) is 15.0. The SMILES string of the molecule is CCOCCCn1c(NC(=O)c2ccccc2)nc2cc3[nH]c(=O)c(=O)n(C)c3cc21. The lowest BCUT2D eigenvalue weighted by Crippen LogP contribution is -2.34. The van der Waals surface area contributed by atoms with E-state index in [0.717, 1.165) is 11.9 Å². The van der Waals surface area contributed by atoms with Crippen molar-refractivity contribution in [2.75, 3.05) is 18.5 Å². The van der Waals surface area contributed by atoms with Gasteiger partial charge in [0.25, 0.3) is 5.91 Å². The predicted molar refractivity (Wildman–Crippen MR) is 119 cm³/mol. The number of nitrogens with one attached hydrogen (secondary N) is 2. The van der Waals surface area contributed by atoms with Gasteiger partial charge in [-0.2, -0.15) is 0 Å². The van der Waals surface area contributed by atoms with E-state index >= 15 is 0 Å². The number of aromatic amines is 1. The van der Waals surface area contributed by atoms with Gasteiger partial charge in [-0.3, -0.25) is 19.7 Å². The van der Waals surface area contributed by atoms with E-state index in [0.29, 0.717) is 47.8 Å². The largest absolute Gasteiger partial charge is 0.382 e. The van der Waals surface area contributed by atoms with Crippen LogP contribution in [0.15, 0.2) is 52.1 Å². The van der Waals surface area contributed by atoms with Crippen molar-refractivity contribution < 1.29 is 9.53 Å². The van der Waals surface area contributed by atoms with Crippen LogP contribution in [-0.4, -0.2) is 38.2 Å². The summed E-state index contributed by atoms with van der Waals surface area (Å²) in [4.78, 5) is 43.9. The van der Waals surface area contributed by atoms with Crippen LogP contribution in [0.5, 0.6) is 0 Å². The molecule has 0 saturated heterocycles. The number of aryl methyl sites for hydroxylation is 2. The molecule has 2 aromatic heterocycles. The number of hydrogen-bond acceptors (Lipinski definition) is 5. The zero-order chi connectivity index (χ0) is 22.0. The fraction of sp³-hybridized carbons (Fsp3) is 0.273. The van der Waals surface area contributed by atoms with Crippen LogP contribution in [0.25, 0.3) is 22.1 Å². The Morgan fingerprint density at radius 3 is 2.68 bits per heavy atom. The fourth-order valence-corrected chi connectivity index (χ4v) is 3.53. The molecule has 2 N–H and O–H groups in total. The van der Waals surface area contributed by atoms with E-state index in [-0.39, 0.29) is 5.91 Å². The second-order valence-electron chi connectivity index (χ2n) is 7.13. The van der Waals surface area contributed by atoms with Gasteiger partial charge in [-0.25, -0.2) is 4.98 Å². The van der Waals surface area contributed by atoms with Crippen molar-refractivity contribution in [2.24, 2.45) is 7.05 Å². The molecule has 9 nitrogen and oxygen atoms in total. The van der Waals surface area contributed by atoms with Crippen molar-refractivity contribution >= 4 is 33.9 Å². The number of hydrogen-bond donors (Lipinski definition) is 2. The summed E-state index contributed by atoms with van der Waals surface area (Å²) >= 11 is 0. The third-order valence-electron chi connectivity index (χ3n) is 5.11. The minimum absolute atomic E-state index is 0.271. The maximum atomic E-state index is 12.7. The number of fused-ring (bicyclic) bond motifs is 2. The van der Waals surface area contributed by atoms with Gasteiger partial charge >= 0.3 is 11.1 Å². The molecule has 31 heavy (non-hydrogen) atoms. The zero-order valence-electron chi connectivity index (χ0n) is 17.3. The smallest absolute Gasteiger partial charge is 0.316 e. The fourth-order valence-electron chi connectivity index (χ4n) is 3.53. The van der Waals surface area contributed by atoms with Gasteiger partial charge in [0.2, 0.25) is 5.95 Å². The summed E-state index contributed by atoms with van der Waals surface area (Å²) in [5.74, 6) is 0.121. The van der Waals surface area contributed by atoms with Gasteiger partial charge in [0.15, 0.2) is 0 Å². The van der Waals surface area contributed by atoms with Crippen LogP contribution >= 0.6 is 0 Å². The Hall–Kier alpha value is -3.72. The van der Waals surface area contributed by atoms with Crippen molar-refractivity contribution in [2.45, 2.75) is 19.9 Å². The Morgan fingerprint density at radius 2 is 1.94 bits per heavy atom. The summed E-state index contributed by atoms with van der Waals surface area (Å²) in [6.07, 6.45) is 0.718. The molecule has 0 aliphatic rings. The van der Waals surface area contributed by atoms with Gasteiger partial charge in [-0.1, -0.05) is 18.2 Å². The topological polar surface area (TPSA) is 111 Å². The lowest BCUT2D eigenvalue weighted by Gasteiger charge is -2.11. The molecule has 9 heteroatoms. The maximum absolute atomic E-state index is 12.7. The van der Waals surface area contributed by atoms with E-state index in [2.05, 4.69) is 15.3 Å². The average Bonchev–Trinajstić information content (AvgIpc) is 3.10. The Bertz CT molecular complexity index is 1370. The van der Waals surface area contributed by atoms with Gasteiger partial charge in [0.05, 0.1) is 22.1 Å². The minimum atomic E-state index is -0.692. The Kier molecular flexibility index (Phi) is 5.68. The third kappa shape index (κ3) is 3.99. The normalized spacial score (nSPS) is 11.3. The molecule has 0 bridgehead atoms. The van der Waals surface area contributed by atoms with E-state index < -0.39 is 11.1 Å². The van der Waals surface area contributed by atoms with Gasteiger partial charge in [-0.15, -0.1) is 0 Å². The highest BCUT2D eigenvalue weighted by Gasteiger charge is 2.16. The minimum Gasteiger partial charge on any atom is -0.382 e. The second-order valence-corrected chi connectivity index (χ2v) is 7.13. The molecule has 4 aromatic rings. The molecular formula is C22H23N5O4. The highest BCUT2D eigenvalue weighted by Crippen LogP contribution is 2.24. The van der Waals surface area contributed by atoms with Crippen LogP contribution in [-0.2, 0) is 18.3 Å². The predicted octanol–water partition coefficient (Wildman–Crippen LogP) is 2.26. The van der Waals surface area contributed by atoms with Crippen LogP contribution in [0.1, 0.15) is 23.7 Å². The number of carbonyl (C=O) groups is 1. The molecular weight excluding hydrogens is 398 g/mol. The van der Waals surface area contributed by atoms with E-state index in [4.69, 9.17) is 4.74 Å². The molecule has 0 atom stereocenters. The summed E-state index contributed by atoms with van der Waals surface area (Å²) in [7, 11) is 1.56. The molecule has 160 valence electrons. The zero-order valence-corrected chi connectivity index (χ0v) is 17.3. The summed E-state index contributed by atoms with van der Waals surface area (Å²) in [6, 6.07) is 12.4. The van der Waals surface area contributed by atoms with Crippen molar-refractivity contribution in [1.29, 1.82) is 0 Å². The Balaban J connectivity index is 1.82. The van der Waals surface area contributed by atoms with E-state index in [1.54, 1.807) is 43.4 Å². The van der Waals surface area contributed by atoms with Gasteiger partial charge in [0.1, 0.15) is 0 Å². The monoisotopic (exact) mass is 421 g/mol. The molecule has 4 rings (SSSR count). The van der Waals surface area contributed by atoms with E-state index in [1.165, 1.54) is 4.57 Å². The number of carbonyl (C=O) groups excluding carboxylic acids is 1. The third-order valence-corrected chi connectivity index (χ3v) is 5.11. The number of H-pyrrole nitrogens is 1. The molecule has 2 aromatic carbocycles. The molecule has 0 radical (unpaired) electrons. The molecule has 2 heterocycles. The lowest BCUT2D eigenvalue weighted by atomic mass is 10.2. The molecule has 0 aliphatic carbocycles. The molecule has 0 spiro atoms. The molecule has 0 aliphatic heterocycles. The summed E-state index contributed by atoms with van der Waals surface area (Å²) in [6.45, 7) is 3.69. The van der Waals surface area contributed by atoms with Crippen LogP contribution in [0, 0.1) is 0 Å². The second kappa shape index (κ2) is 8.57. The number of ether oxygens (including phenoxy) is 1. The number of anilines is 1. The van der Waals surface area contributed by atoms with Crippen molar-refractivity contribution in [1.82, 2.24) is 19.1 Å². The van der Waals surface area contributed by atoms with Gasteiger partial charge < -0.3 is 18.9 Å². The highest BCUT2D eigenvalue weighted by molar-refractivity contribution is 6.04. The average molecular weight is 421 g/mol. The Morgan fingerprint density at radius 1 is 1.16 bits per heavy atom. The summed E-state index contributed by atoms with van der Waals surface area (Å²) in [5.41, 5.74) is 1.61. The van der Waals surface area contributed by atoms with Crippen LogP contribution in [0.4, 0.5) is 5.95 Å². The molecule has 0 unspecified atom stereocenters. The number of nitrogens with zero attached hydrogens (tertiary/aromatic N) is 3. The lowest BCUT2D eigenvalue weighted by molar-refractivity contribution is 0.102. The van der Waals surface area contributed by atoms with Crippen LogP contribution in [0.2, 0.25) is 0 Å². The standard InChI is InChI=1S/C22H23N5O4/c1-3-31-11-7-10-27-18-13-17-15(23-20(29)21(30)26(17)2)12-16(18)24-22(27)25-19(28)14-8-5-4-6-9-14/h4-6,8-9,12-13H,3,7,10-11H2,1-2H3,(H,23,29)(H,24,25,28). The number of amides is 1. The van der Waals surface area contributed by atoms with Crippen molar-refractivity contribution in [3.05, 3.63) is 68.7 Å². The van der Waals surface area contributed by atoms with Crippen molar-refractivity contribution in [3.63, 3.8) is 0 Å². The number of aromatic nitrogens is 4.